The zero-order valence-corrected chi connectivity index (χ0v) is 14.4. The molecule has 0 aliphatic rings. The molecule has 0 aliphatic carbocycles. The van der Waals surface area contributed by atoms with Gasteiger partial charge in [-0.15, -0.1) is 0 Å². The first-order valence-corrected chi connectivity index (χ1v) is 7.89. The largest absolute Gasteiger partial charge is 0.429 e. The summed E-state index contributed by atoms with van der Waals surface area (Å²) in [5, 5.41) is 10.0. The number of nitrogens with zero attached hydrogens (tertiary/aromatic N) is 1. The van der Waals surface area contributed by atoms with Crippen molar-refractivity contribution >= 4 is 34.6 Å². The number of nitrogens with one attached hydrogen (secondary N) is 2. The van der Waals surface area contributed by atoms with Crippen LogP contribution in [-0.2, 0) is 0 Å². The van der Waals surface area contributed by atoms with E-state index in [2.05, 4.69) is 10.3 Å². The fourth-order valence-electron chi connectivity index (χ4n) is 2.12. The Morgan fingerprint density at radius 1 is 1.12 bits per heavy atom. The number of halogens is 4. The number of carbonyl (C=O) groups excluding carboxylic acids is 1. The summed E-state index contributed by atoms with van der Waals surface area (Å²) < 4.78 is 38.4. The van der Waals surface area contributed by atoms with Gasteiger partial charge in [-0.3, -0.25) is 9.79 Å². The minimum atomic E-state index is -4.75. The SMILES string of the molecule is CNC(=O)c1ccc(C(CC(=N)C(F)(F)F)=Nc2ccccc2Cl)cc1. The quantitative estimate of drug-likeness (QED) is 0.718. The van der Waals surface area contributed by atoms with E-state index in [0.29, 0.717) is 16.8 Å². The molecule has 0 atom stereocenters. The van der Waals surface area contributed by atoms with Gasteiger partial charge in [0.15, 0.2) is 0 Å². The van der Waals surface area contributed by atoms with Crippen LogP contribution < -0.4 is 5.32 Å². The molecule has 0 saturated carbocycles. The second-order valence-electron chi connectivity index (χ2n) is 5.32. The molecule has 0 aromatic heterocycles. The zero-order chi connectivity index (χ0) is 19.3. The summed E-state index contributed by atoms with van der Waals surface area (Å²) in [6.45, 7) is 0. The van der Waals surface area contributed by atoms with Crippen LogP contribution in [0.4, 0.5) is 18.9 Å². The van der Waals surface area contributed by atoms with Crippen molar-refractivity contribution in [2.45, 2.75) is 12.6 Å². The lowest BCUT2D eigenvalue weighted by Gasteiger charge is -2.12. The molecule has 0 radical (unpaired) electrons. The van der Waals surface area contributed by atoms with E-state index in [1.165, 1.54) is 31.3 Å². The van der Waals surface area contributed by atoms with Crippen molar-refractivity contribution in [3.05, 3.63) is 64.7 Å². The molecule has 8 heteroatoms. The van der Waals surface area contributed by atoms with Crippen LogP contribution in [0.1, 0.15) is 22.3 Å². The number of carbonyl (C=O) groups is 1. The van der Waals surface area contributed by atoms with Gasteiger partial charge in [0.05, 0.1) is 16.4 Å². The number of alkyl halides is 3. The Labute approximate surface area is 153 Å². The molecule has 0 saturated heterocycles. The fraction of sp³-hybridized carbons (Fsp3) is 0.167. The third-order valence-corrected chi connectivity index (χ3v) is 3.82. The predicted molar refractivity (Wildman–Crippen MR) is 95.9 cm³/mol. The Kier molecular flexibility index (Phi) is 6.15. The molecule has 0 heterocycles. The Morgan fingerprint density at radius 3 is 2.23 bits per heavy atom. The number of hydrogen-bond acceptors (Lipinski definition) is 3. The summed E-state index contributed by atoms with van der Waals surface area (Å²) in [5.41, 5.74) is -0.358. The molecule has 2 rings (SSSR count). The van der Waals surface area contributed by atoms with E-state index < -0.39 is 18.3 Å². The van der Waals surface area contributed by atoms with Gasteiger partial charge in [0, 0.05) is 19.0 Å². The smallest absolute Gasteiger partial charge is 0.355 e. The van der Waals surface area contributed by atoms with E-state index in [0.717, 1.165) is 0 Å². The normalized spacial score (nSPS) is 12.0. The molecule has 0 spiro atoms. The third kappa shape index (κ3) is 4.92. The summed E-state index contributed by atoms with van der Waals surface area (Å²) in [6, 6.07) is 12.4. The monoisotopic (exact) mass is 381 g/mol. The van der Waals surface area contributed by atoms with Gasteiger partial charge in [-0.1, -0.05) is 35.9 Å². The first kappa shape index (κ1) is 19.7. The minimum Gasteiger partial charge on any atom is -0.355 e. The highest BCUT2D eigenvalue weighted by atomic mass is 35.5. The molecule has 2 aromatic rings. The van der Waals surface area contributed by atoms with Gasteiger partial charge in [-0.2, -0.15) is 13.2 Å². The van der Waals surface area contributed by atoms with Gasteiger partial charge >= 0.3 is 6.18 Å². The summed E-state index contributed by atoms with van der Waals surface area (Å²) >= 11 is 6.03. The lowest BCUT2D eigenvalue weighted by molar-refractivity contribution is -0.0605. The molecule has 1 amide bonds. The fourth-order valence-corrected chi connectivity index (χ4v) is 2.30. The average molecular weight is 382 g/mol. The first-order valence-electron chi connectivity index (χ1n) is 7.51. The van der Waals surface area contributed by atoms with E-state index in [1.54, 1.807) is 24.3 Å². The highest BCUT2D eigenvalue weighted by molar-refractivity contribution is 6.33. The maximum Gasteiger partial charge on any atom is 0.429 e. The molecular weight excluding hydrogens is 367 g/mol. The van der Waals surface area contributed by atoms with Gasteiger partial charge in [0.2, 0.25) is 0 Å². The van der Waals surface area contributed by atoms with Crippen molar-refractivity contribution in [2.24, 2.45) is 4.99 Å². The summed E-state index contributed by atoms with van der Waals surface area (Å²) in [5.74, 6) is -0.316. The van der Waals surface area contributed by atoms with Gasteiger partial charge in [0.25, 0.3) is 5.91 Å². The Hall–Kier alpha value is -2.67. The highest BCUT2D eigenvalue weighted by Crippen LogP contribution is 2.27. The number of amides is 1. The van der Waals surface area contributed by atoms with Crippen LogP contribution in [0.3, 0.4) is 0 Å². The Bertz CT molecular complexity index is 846. The molecule has 2 aromatic carbocycles. The molecule has 0 aliphatic heterocycles. The molecule has 136 valence electrons. The second kappa shape index (κ2) is 8.14. The van der Waals surface area contributed by atoms with Crippen molar-refractivity contribution in [3.63, 3.8) is 0 Å². The summed E-state index contributed by atoms with van der Waals surface area (Å²) in [4.78, 5) is 15.8. The first-order chi connectivity index (χ1) is 12.2. The Morgan fingerprint density at radius 2 is 1.69 bits per heavy atom. The lowest BCUT2D eigenvalue weighted by Crippen LogP contribution is -2.25. The number of rotatable bonds is 5. The molecular formula is C18H15ClF3N3O. The molecule has 0 fully saturated rings. The Balaban J connectivity index is 2.45. The van der Waals surface area contributed by atoms with Gasteiger partial charge in [-0.05, 0) is 29.8 Å². The van der Waals surface area contributed by atoms with Crippen LogP contribution in [0.15, 0.2) is 53.5 Å². The topological polar surface area (TPSA) is 65.3 Å². The molecule has 0 bridgehead atoms. The maximum absolute atomic E-state index is 12.8. The van der Waals surface area contributed by atoms with Crippen LogP contribution in [0, 0.1) is 5.41 Å². The highest BCUT2D eigenvalue weighted by Gasteiger charge is 2.35. The molecule has 2 N–H and O–H groups in total. The van der Waals surface area contributed by atoms with Crippen LogP contribution >= 0.6 is 11.6 Å². The van der Waals surface area contributed by atoms with Crippen LogP contribution in [0.2, 0.25) is 5.02 Å². The third-order valence-electron chi connectivity index (χ3n) is 3.50. The number of benzene rings is 2. The molecule has 4 nitrogen and oxygen atoms in total. The number of para-hydroxylation sites is 1. The summed E-state index contributed by atoms with van der Waals surface area (Å²) in [7, 11) is 1.48. The number of hydrogen-bond donors (Lipinski definition) is 2. The van der Waals surface area contributed by atoms with Crippen molar-refractivity contribution in [1.29, 1.82) is 5.41 Å². The predicted octanol–water partition coefficient (Wildman–Crippen LogP) is 4.79. The van der Waals surface area contributed by atoms with Crippen molar-refractivity contribution < 1.29 is 18.0 Å². The number of aliphatic imine (C=N–C) groups is 1. The van der Waals surface area contributed by atoms with E-state index in [9.17, 15) is 18.0 Å². The van der Waals surface area contributed by atoms with Crippen molar-refractivity contribution in [1.82, 2.24) is 5.32 Å². The maximum atomic E-state index is 12.8. The molecule has 0 unspecified atom stereocenters. The standard InChI is InChI=1S/C18H15ClF3N3O/c1-24-17(26)12-8-6-11(7-9-12)15(10-16(23)18(20,21)22)25-14-5-3-2-4-13(14)19/h2-9,23H,10H2,1H3,(H,24,26). The minimum absolute atomic E-state index is 0.0314. The van der Waals surface area contributed by atoms with Crippen LogP contribution in [0.5, 0.6) is 0 Å². The van der Waals surface area contributed by atoms with E-state index in [-0.39, 0.29) is 16.6 Å². The van der Waals surface area contributed by atoms with Crippen LogP contribution in [0.25, 0.3) is 0 Å². The van der Waals surface area contributed by atoms with E-state index >= 15 is 0 Å². The van der Waals surface area contributed by atoms with Crippen LogP contribution in [-0.4, -0.2) is 30.6 Å². The van der Waals surface area contributed by atoms with Gasteiger partial charge in [-0.25, -0.2) is 0 Å². The van der Waals surface area contributed by atoms with Crippen molar-refractivity contribution in [2.75, 3.05) is 7.05 Å². The second-order valence-corrected chi connectivity index (χ2v) is 5.73. The van der Waals surface area contributed by atoms with E-state index in [4.69, 9.17) is 17.0 Å². The van der Waals surface area contributed by atoms with Crippen molar-refractivity contribution in [3.8, 4) is 0 Å². The van der Waals surface area contributed by atoms with E-state index in [1.807, 2.05) is 0 Å². The lowest BCUT2D eigenvalue weighted by atomic mass is 10.0. The van der Waals surface area contributed by atoms with Gasteiger partial charge < -0.3 is 10.7 Å². The molecule has 26 heavy (non-hydrogen) atoms. The zero-order valence-electron chi connectivity index (χ0n) is 13.7. The van der Waals surface area contributed by atoms with Gasteiger partial charge in [0.1, 0.15) is 5.71 Å². The average Bonchev–Trinajstić information content (AvgIpc) is 2.61. The summed E-state index contributed by atoms with van der Waals surface area (Å²) in [6.07, 6.45) is -5.46.